The van der Waals surface area contributed by atoms with Crippen molar-refractivity contribution >= 4 is 38.8 Å². The van der Waals surface area contributed by atoms with E-state index in [4.69, 9.17) is 37.9 Å². The smallest absolute Gasteiger partial charge is 0.248 e. The molecule has 0 atom stereocenters. The molecule has 4 N–H and O–H groups in total. The van der Waals surface area contributed by atoms with E-state index in [2.05, 4.69) is 99.4 Å². The van der Waals surface area contributed by atoms with Crippen molar-refractivity contribution in [3.05, 3.63) is 198 Å². The molecule has 0 aliphatic carbocycles. The molecule has 4 aromatic carbocycles. The third kappa shape index (κ3) is 15.8. The van der Waals surface area contributed by atoms with Gasteiger partial charge in [0.25, 0.3) is 0 Å². The molecule has 21 heteroatoms. The minimum Gasteiger partial charge on any atom is -0.489 e. The number of pyridine rings is 5. The molecule has 8 aromatic heterocycles. The molecule has 0 spiro atoms. The average molecular weight is 1360 g/mol. The van der Waals surface area contributed by atoms with Crippen LogP contribution in [-0.2, 0) is 18.9 Å². The highest BCUT2D eigenvalue weighted by Crippen LogP contribution is 2.39. The van der Waals surface area contributed by atoms with Crippen molar-refractivity contribution in [1.82, 2.24) is 39.9 Å². The number of fused-ring (bicyclic) bond motifs is 3. The number of hydrogen-bond acceptors (Lipinski definition) is 17. The first kappa shape index (κ1) is 67.5. The normalized spacial score (nSPS) is 15.3. The summed E-state index contributed by atoms with van der Waals surface area (Å²) in [4.78, 5) is 44.7. The number of hydrogen-bond donors (Lipinski definition) is 4. The van der Waals surface area contributed by atoms with Crippen molar-refractivity contribution in [2.24, 2.45) is 0 Å². The molecule has 4 aliphatic rings. The van der Waals surface area contributed by atoms with E-state index in [0.717, 1.165) is 159 Å². The van der Waals surface area contributed by atoms with Gasteiger partial charge in [-0.1, -0.05) is 30.3 Å². The number of H-pyrrole nitrogens is 4. The zero-order valence-corrected chi connectivity index (χ0v) is 57.0. The number of rotatable bonds is 14. The monoisotopic (exact) mass is 1360 g/mol. The van der Waals surface area contributed by atoms with Crippen molar-refractivity contribution in [3.8, 4) is 108 Å². The standard InChI is InChI=1S/C29H28N4O3.C28H28N4O3.C24H20N4O3/c30-19-22-17-21(3-6-28(22)36-24-8-13-34-14-9-24)25-7-10-31-29-26(25)18-27(32-29)20-1-4-23(5-2-20)33-11-15-35-16-12-33;1-28(2,3)35-26-15-19(6-10-30-26)24-16-23-22(7-11-31-27(23)32-24)18-4-5-25(20(14-18)17-29)34-21-8-12-33-13-9-21;25-14-17-11-15(1-2-22(17)31-18-5-9-30-10-6-18)19-4-8-27-24-20(19)13-21(28-24)16-3-7-26-23(29)12-16/h1-7,10,17-18,24H,8-9,11-16H2,(H,31,32);4-7,10-11,14-16,21H,8-9,12-13H2,1-3H3,(H,31,32);1-4,7-8,11-13,18H,5-6,9-10H2,(H,26,29)(H,27,28). The lowest BCUT2D eigenvalue weighted by Gasteiger charge is -2.28. The summed E-state index contributed by atoms with van der Waals surface area (Å²) < 4.78 is 45.9. The van der Waals surface area contributed by atoms with E-state index in [-0.39, 0.29) is 29.5 Å². The fourth-order valence-corrected chi connectivity index (χ4v) is 13.1. The average Bonchev–Trinajstić information content (AvgIpc) is 1.64. The number of ether oxygens (including phenoxy) is 8. The lowest BCUT2D eigenvalue weighted by Crippen LogP contribution is -2.36. The molecule has 21 nitrogen and oxygen atoms in total. The van der Waals surface area contributed by atoms with Gasteiger partial charge in [-0.15, -0.1) is 0 Å². The van der Waals surface area contributed by atoms with Gasteiger partial charge in [-0.25, -0.2) is 19.9 Å². The zero-order chi connectivity index (χ0) is 69.9. The van der Waals surface area contributed by atoms with E-state index >= 15 is 0 Å². The van der Waals surface area contributed by atoms with E-state index in [0.29, 0.717) is 85.1 Å². The van der Waals surface area contributed by atoms with Crippen molar-refractivity contribution < 1.29 is 37.9 Å². The van der Waals surface area contributed by atoms with E-state index in [1.807, 2.05) is 118 Å². The van der Waals surface area contributed by atoms with Crippen molar-refractivity contribution in [1.29, 1.82) is 15.8 Å². The maximum absolute atomic E-state index is 11.7. The highest BCUT2D eigenvalue weighted by molar-refractivity contribution is 5.99. The number of nitriles is 3. The lowest BCUT2D eigenvalue weighted by atomic mass is 10.0. The van der Waals surface area contributed by atoms with E-state index < -0.39 is 0 Å². The summed E-state index contributed by atoms with van der Waals surface area (Å²) in [5, 5.41) is 32.2. The van der Waals surface area contributed by atoms with Crippen molar-refractivity contribution in [2.45, 2.75) is 83.2 Å². The summed E-state index contributed by atoms with van der Waals surface area (Å²) in [5.74, 6) is 2.42. The second-order valence-corrected chi connectivity index (χ2v) is 26.4. The van der Waals surface area contributed by atoms with Gasteiger partial charge in [0.15, 0.2) is 0 Å². The number of benzene rings is 4. The van der Waals surface area contributed by atoms with Gasteiger partial charge < -0.3 is 62.7 Å². The summed E-state index contributed by atoms with van der Waals surface area (Å²) in [6.45, 7) is 13.5. The zero-order valence-electron chi connectivity index (χ0n) is 57.0. The van der Waals surface area contributed by atoms with E-state index in [1.54, 1.807) is 37.1 Å². The SMILES string of the molecule is CC(C)(C)Oc1cc(-c2cc3c(-c4ccc(OC5CCOCC5)c(C#N)c4)ccnc3[nH]2)ccn1.N#Cc1cc(-c2ccnc3[nH]c(-c4cc[nH]c(=O)c4)cc23)ccc1OC1CCOCC1.N#Cc1cc(-c2ccnc3[nH]c(-c4ccc(N5CCOCC5)cc4)cc23)ccc1OC1CCOCC1. The number of morpholine rings is 1. The van der Waals surface area contributed by atoms with Crippen LogP contribution in [0.5, 0.6) is 23.1 Å². The van der Waals surface area contributed by atoms with Crippen LogP contribution in [0.4, 0.5) is 5.69 Å². The summed E-state index contributed by atoms with van der Waals surface area (Å²) in [6.07, 6.45) is 13.9. The molecule has 4 fully saturated rings. The van der Waals surface area contributed by atoms with Gasteiger partial charge >= 0.3 is 0 Å². The predicted molar refractivity (Wildman–Crippen MR) is 390 cm³/mol. The van der Waals surface area contributed by atoms with Crippen LogP contribution in [0.2, 0.25) is 0 Å². The Kier molecular flexibility index (Phi) is 20.4. The molecule has 0 saturated carbocycles. The summed E-state index contributed by atoms with van der Waals surface area (Å²) >= 11 is 0. The van der Waals surface area contributed by atoms with Crippen molar-refractivity contribution in [2.75, 3.05) is 70.8 Å². The van der Waals surface area contributed by atoms with Gasteiger partial charge in [-0.2, -0.15) is 15.8 Å². The Morgan fingerprint density at radius 2 is 0.814 bits per heavy atom. The molecule has 0 amide bonds. The highest BCUT2D eigenvalue weighted by atomic mass is 16.5. The molecule has 102 heavy (non-hydrogen) atoms. The number of nitrogens with one attached hydrogen (secondary N) is 4. The van der Waals surface area contributed by atoms with E-state index in [1.165, 1.54) is 5.69 Å². The van der Waals surface area contributed by atoms with Crippen LogP contribution >= 0.6 is 0 Å². The minimum atomic E-state index is -0.333. The quantitative estimate of drug-likeness (QED) is 0.0787. The third-order valence-corrected chi connectivity index (χ3v) is 18.3. The minimum absolute atomic E-state index is 0.0700. The lowest BCUT2D eigenvalue weighted by molar-refractivity contribution is 0.0252. The highest BCUT2D eigenvalue weighted by Gasteiger charge is 2.24. The number of aromatic nitrogens is 8. The Bertz CT molecular complexity index is 5150. The van der Waals surface area contributed by atoms with Crippen LogP contribution in [0.3, 0.4) is 0 Å². The van der Waals surface area contributed by atoms with Gasteiger partial charge in [-0.05, 0) is 157 Å². The van der Waals surface area contributed by atoms with E-state index in [9.17, 15) is 20.6 Å². The second-order valence-electron chi connectivity index (χ2n) is 26.4. The van der Waals surface area contributed by atoms with Gasteiger partial charge in [0.2, 0.25) is 11.4 Å². The number of anilines is 1. The predicted octanol–water partition coefficient (Wildman–Crippen LogP) is 15.1. The molecule has 12 heterocycles. The molecule has 0 bridgehead atoms. The Balaban J connectivity index is 0.000000130. The van der Waals surface area contributed by atoms with Gasteiger partial charge in [-0.3, -0.25) is 4.79 Å². The first-order valence-corrected chi connectivity index (χ1v) is 34.5. The first-order valence-electron chi connectivity index (χ1n) is 34.5. The first-order chi connectivity index (χ1) is 49.9. The molecule has 12 aromatic rings. The van der Waals surface area contributed by atoms with Gasteiger partial charge in [0, 0.05) is 145 Å². The molecule has 4 saturated heterocycles. The number of nitrogens with zero attached hydrogens (tertiary/aromatic N) is 8. The van der Waals surface area contributed by atoms with Crippen LogP contribution in [0, 0.1) is 34.0 Å². The molecule has 514 valence electrons. The largest absolute Gasteiger partial charge is 0.489 e. The van der Waals surface area contributed by atoms with Crippen LogP contribution in [0.15, 0.2) is 175 Å². The maximum atomic E-state index is 11.7. The summed E-state index contributed by atoms with van der Waals surface area (Å²) in [6, 6.07) is 52.1. The fourth-order valence-electron chi connectivity index (χ4n) is 13.1. The van der Waals surface area contributed by atoms with Gasteiger partial charge in [0.1, 0.15) is 76.3 Å². The van der Waals surface area contributed by atoms with Crippen LogP contribution in [0.25, 0.3) is 100 Å². The van der Waals surface area contributed by atoms with Crippen LogP contribution in [-0.4, -0.2) is 130 Å². The molecular weight excluding hydrogens is 1280 g/mol. The molecular formula is C81H76N12O9. The Morgan fingerprint density at radius 3 is 1.22 bits per heavy atom. The topological polar surface area (TPSA) is 280 Å². The molecule has 0 unspecified atom stereocenters. The Morgan fingerprint density at radius 1 is 0.431 bits per heavy atom. The van der Waals surface area contributed by atoms with Crippen LogP contribution < -0.4 is 29.4 Å². The number of aromatic amines is 4. The maximum Gasteiger partial charge on any atom is 0.248 e. The fraction of sp³-hybridized carbons (Fsp3) is 0.284. The Hall–Kier alpha value is -11.6. The molecule has 16 rings (SSSR count). The molecule has 4 aliphatic heterocycles. The van der Waals surface area contributed by atoms with Crippen LogP contribution in [0.1, 0.15) is 76.0 Å². The summed E-state index contributed by atoms with van der Waals surface area (Å²) in [5.41, 5.74) is 15.9. The third-order valence-electron chi connectivity index (χ3n) is 18.3. The van der Waals surface area contributed by atoms with Crippen molar-refractivity contribution in [3.63, 3.8) is 0 Å². The summed E-state index contributed by atoms with van der Waals surface area (Å²) in [7, 11) is 0. The Labute approximate surface area is 589 Å². The molecule has 0 radical (unpaired) electrons. The second kappa shape index (κ2) is 30.9. The van der Waals surface area contributed by atoms with Gasteiger partial charge in [0.05, 0.1) is 69.5 Å².